The SMILES string of the molecule is COOCC(Cc1cnc[nH]1)NC(=O)CCCCCCCCCCn1c(=O)c2c(ncn2C)n(C)c1=O. The predicted molar refractivity (Wildman–Crippen MR) is 139 cm³/mol. The maximum absolute atomic E-state index is 12.7. The molecule has 0 fully saturated rings. The van der Waals surface area contributed by atoms with E-state index in [0.29, 0.717) is 30.6 Å². The Labute approximate surface area is 215 Å². The molecule has 0 saturated heterocycles. The third-order valence-corrected chi connectivity index (χ3v) is 6.51. The largest absolute Gasteiger partial charge is 0.351 e. The van der Waals surface area contributed by atoms with Crippen LogP contribution in [-0.2, 0) is 41.6 Å². The van der Waals surface area contributed by atoms with E-state index in [-0.39, 0.29) is 29.8 Å². The van der Waals surface area contributed by atoms with Gasteiger partial charge in [0.05, 0.1) is 25.8 Å². The number of imidazole rings is 2. The third-order valence-electron chi connectivity index (χ3n) is 6.51. The van der Waals surface area contributed by atoms with Crippen LogP contribution in [0.15, 0.2) is 28.4 Å². The van der Waals surface area contributed by atoms with Crippen LogP contribution >= 0.6 is 0 Å². The van der Waals surface area contributed by atoms with E-state index in [1.165, 1.54) is 16.2 Å². The van der Waals surface area contributed by atoms with Gasteiger partial charge in [-0.15, -0.1) is 0 Å². The molecule has 1 amide bonds. The lowest BCUT2D eigenvalue weighted by atomic mass is 10.1. The lowest BCUT2D eigenvalue weighted by Crippen LogP contribution is -2.39. The molecule has 3 rings (SSSR count). The number of carbonyl (C=O) groups is 1. The maximum Gasteiger partial charge on any atom is 0.332 e. The first-order valence-corrected chi connectivity index (χ1v) is 13.0. The highest BCUT2D eigenvalue weighted by Gasteiger charge is 2.15. The fourth-order valence-corrected chi connectivity index (χ4v) is 4.47. The van der Waals surface area contributed by atoms with Gasteiger partial charge in [-0.25, -0.2) is 24.5 Å². The lowest BCUT2D eigenvalue weighted by Gasteiger charge is -2.17. The zero-order valence-electron chi connectivity index (χ0n) is 22.1. The van der Waals surface area contributed by atoms with Crippen molar-refractivity contribution >= 4 is 17.1 Å². The van der Waals surface area contributed by atoms with E-state index >= 15 is 0 Å². The Kier molecular flexibility index (Phi) is 11.1. The Morgan fingerprint density at radius 3 is 2.46 bits per heavy atom. The van der Waals surface area contributed by atoms with E-state index in [1.807, 2.05) is 0 Å². The normalized spacial score (nSPS) is 12.3. The zero-order valence-corrected chi connectivity index (χ0v) is 22.1. The fourth-order valence-electron chi connectivity index (χ4n) is 4.47. The Morgan fingerprint density at radius 1 is 1.08 bits per heavy atom. The van der Waals surface area contributed by atoms with Crippen LogP contribution in [0.2, 0.25) is 0 Å². The van der Waals surface area contributed by atoms with Gasteiger partial charge in [-0.3, -0.25) is 18.7 Å². The van der Waals surface area contributed by atoms with Crippen LogP contribution < -0.4 is 16.6 Å². The highest BCUT2D eigenvalue weighted by molar-refractivity contribution is 5.76. The van der Waals surface area contributed by atoms with Gasteiger partial charge in [-0.2, -0.15) is 0 Å². The molecule has 0 aromatic carbocycles. The van der Waals surface area contributed by atoms with Crippen LogP contribution in [0, 0.1) is 0 Å². The van der Waals surface area contributed by atoms with Crippen molar-refractivity contribution < 1.29 is 14.6 Å². The van der Waals surface area contributed by atoms with Crippen molar-refractivity contribution in [3.8, 4) is 0 Å². The molecule has 12 heteroatoms. The monoisotopic (exact) mass is 517 g/mol. The Balaban J connectivity index is 1.27. The molecule has 0 aliphatic rings. The molecule has 3 aromatic rings. The number of aryl methyl sites for hydroxylation is 2. The minimum absolute atomic E-state index is 0.00918. The summed E-state index contributed by atoms with van der Waals surface area (Å²) in [7, 11) is 4.85. The molecular weight excluding hydrogens is 478 g/mol. The Bertz CT molecular complexity index is 1230. The van der Waals surface area contributed by atoms with E-state index < -0.39 is 0 Å². The molecule has 3 heterocycles. The van der Waals surface area contributed by atoms with Crippen molar-refractivity contribution in [3.63, 3.8) is 0 Å². The van der Waals surface area contributed by atoms with E-state index in [0.717, 1.165) is 57.1 Å². The average molecular weight is 518 g/mol. The lowest BCUT2D eigenvalue weighted by molar-refractivity contribution is -0.275. The first-order chi connectivity index (χ1) is 17.9. The quantitative estimate of drug-likeness (QED) is 0.159. The van der Waals surface area contributed by atoms with Gasteiger partial charge in [0, 0.05) is 45.4 Å². The second-order valence-electron chi connectivity index (χ2n) is 9.40. The standard InChI is InChI=1S/C25H39N7O5/c1-30-18-28-23-22(30)24(34)32(25(35)31(23)2)13-11-9-7-5-4-6-8-10-12-21(33)29-20(16-37-36-3)14-19-15-26-17-27-19/h15,17-18,20H,4-14,16H2,1-3H3,(H,26,27)(H,29,33). The molecule has 0 bridgehead atoms. The second kappa shape index (κ2) is 14.5. The van der Waals surface area contributed by atoms with Gasteiger partial charge in [0.15, 0.2) is 11.2 Å². The smallest absolute Gasteiger partial charge is 0.332 e. The zero-order chi connectivity index (χ0) is 26.6. The number of nitrogens with one attached hydrogen (secondary N) is 2. The number of fused-ring (bicyclic) bond motifs is 1. The number of nitrogens with zero attached hydrogens (tertiary/aromatic N) is 5. The van der Waals surface area contributed by atoms with E-state index in [9.17, 15) is 14.4 Å². The van der Waals surface area contributed by atoms with Crippen LogP contribution in [0.3, 0.4) is 0 Å². The average Bonchev–Trinajstić information content (AvgIpc) is 3.53. The van der Waals surface area contributed by atoms with Gasteiger partial charge in [-0.05, 0) is 12.8 Å². The van der Waals surface area contributed by atoms with Crippen molar-refractivity contribution in [2.75, 3.05) is 13.7 Å². The van der Waals surface area contributed by atoms with Gasteiger partial charge in [0.2, 0.25) is 5.91 Å². The minimum atomic E-state index is -0.320. The van der Waals surface area contributed by atoms with Crippen LogP contribution in [-0.4, -0.2) is 54.3 Å². The number of hydrogen-bond donors (Lipinski definition) is 2. The van der Waals surface area contributed by atoms with Crippen LogP contribution in [0.5, 0.6) is 0 Å². The van der Waals surface area contributed by atoms with Crippen LogP contribution in [0.4, 0.5) is 0 Å². The number of H-pyrrole nitrogens is 1. The molecule has 12 nitrogen and oxygen atoms in total. The molecule has 1 atom stereocenters. The molecule has 2 N–H and O–H groups in total. The fraction of sp³-hybridized carbons (Fsp3) is 0.640. The Morgan fingerprint density at radius 2 is 1.78 bits per heavy atom. The van der Waals surface area contributed by atoms with Crippen molar-refractivity contribution in [3.05, 3.63) is 45.4 Å². The summed E-state index contributed by atoms with van der Waals surface area (Å²) < 4.78 is 4.41. The number of carbonyl (C=O) groups excluding carboxylic acids is 1. The number of rotatable bonds is 17. The first kappa shape index (κ1) is 28.3. The maximum atomic E-state index is 12.7. The molecule has 0 radical (unpaired) electrons. The number of aromatic amines is 1. The van der Waals surface area contributed by atoms with Crippen LogP contribution in [0.1, 0.15) is 63.5 Å². The summed E-state index contributed by atoms with van der Waals surface area (Å²) in [4.78, 5) is 58.5. The summed E-state index contributed by atoms with van der Waals surface area (Å²) in [5, 5.41) is 3.01. The molecule has 0 aliphatic carbocycles. The van der Waals surface area contributed by atoms with E-state index in [2.05, 4.69) is 25.2 Å². The van der Waals surface area contributed by atoms with Crippen LogP contribution in [0.25, 0.3) is 11.2 Å². The molecule has 37 heavy (non-hydrogen) atoms. The topological polar surface area (TPSA) is 138 Å². The molecule has 0 saturated carbocycles. The van der Waals surface area contributed by atoms with Gasteiger partial charge in [-0.1, -0.05) is 38.5 Å². The first-order valence-electron chi connectivity index (χ1n) is 13.0. The third kappa shape index (κ3) is 8.12. The van der Waals surface area contributed by atoms with E-state index in [1.54, 1.807) is 37.5 Å². The van der Waals surface area contributed by atoms with Gasteiger partial charge in [0.25, 0.3) is 5.56 Å². The summed E-state index contributed by atoms with van der Waals surface area (Å²) in [6, 6.07) is -0.185. The summed E-state index contributed by atoms with van der Waals surface area (Å²) in [5.41, 5.74) is 1.20. The Hall–Kier alpha value is -3.25. The summed E-state index contributed by atoms with van der Waals surface area (Å²) >= 11 is 0. The highest BCUT2D eigenvalue weighted by Crippen LogP contribution is 2.11. The van der Waals surface area contributed by atoms with E-state index in [4.69, 9.17) is 4.89 Å². The highest BCUT2D eigenvalue weighted by atomic mass is 17.2. The molecular formula is C25H39N7O5. The molecule has 3 aromatic heterocycles. The van der Waals surface area contributed by atoms with Gasteiger partial charge >= 0.3 is 5.69 Å². The van der Waals surface area contributed by atoms with Gasteiger partial charge in [0.1, 0.15) is 6.61 Å². The number of hydrogen-bond acceptors (Lipinski definition) is 7. The van der Waals surface area contributed by atoms with Crippen molar-refractivity contribution in [2.24, 2.45) is 14.1 Å². The minimum Gasteiger partial charge on any atom is -0.351 e. The molecule has 204 valence electrons. The molecule has 0 spiro atoms. The number of unbranched alkanes of at least 4 members (excludes halogenated alkanes) is 7. The molecule has 0 aliphatic heterocycles. The predicted octanol–water partition coefficient (Wildman–Crippen LogP) is 1.97. The van der Waals surface area contributed by atoms with Gasteiger partial charge < -0.3 is 14.9 Å². The summed E-state index contributed by atoms with van der Waals surface area (Å²) in [6.07, 6.45) is 13.9. The number of aromatic nitrogens is 6. The summed E-state index contributed by atoms with van der Waals surface area (Å²) in [6.45, 7) is 0.681. The second-order valence-corrected chi connectivity index (χ2v) is 9.40. The molecule has 1 unspecified atom stereocenters. The number of amides is 1. The van der Waals surface area contributed by atoms with Crippen molar-refractivity contribution in [1.29, 1.82) is 0 Å². The summed E-state index contributed by atoms with van der Waals surface area (Å²) in [5.74, 6) is 0.00918. The van der Waals surface area contributed by atoms with Crippen molar-refractivity contribution in [1.82, 2.24) is 34.0 Å². The van der Waals surface area contributed by atoms with Crippen molar-refractivity contribution in [2.45, 2.75) is 76.8 Å².